The first-order valence-electron chi connectivity index (χ1n) is 14.2. The topological polar surface area (TPSA) is 97.6 Å². The Morgan fingerprint density at radius 1 is 0.905 bits per heavy atom. The maximum Gasteiger partial charge on any atom is 0.224 e. The molecule has 0 radical (unpaired) electrons. The summed E-state index contributed by atoms with van der Waals surface area (Å²) in [6.07, 6.45) is -4.86. The Bertz CT molecular complexity index is 1310. The predicted molar refractivity (Wildman–Crippen MR) is 166 cm³/mol. The van der Waals surface area contributed by atoms with Gasteiger partial charge in [-0.25, -0.2) is 0 Å². The van der Waals surface area contributed by atoms with E-state index in [-0.39, 0.29) is 11.6 Å². The molecule has 0 saturated carbocycles. The molecule has 0 unspecified atom stereocenters. The van der Waals surface area contributed by atoms with Crippen molar-refractivity contribution in [3.63, 3.8) is 0 Å². The molecule has 0 aliphatic carbocycles. The SMILES string of the molecule is CO[C@@]1(c2ccc(Cl)c(Cc3ccc(OCc4ccccc4)cc3)c2)O[C@H](CO[Si](C)(C)C(C)(C)C)[C@@H](O)[C@H](O)[C@H]1O. The lowest BCUT2D eigenvalue weighted by molar-refractivity contribution is -0.365. The highest BCUT2D eigenvalue weighted by atomic mass is 35.5. The summed E-state index contributed by atoms with van der Waals surface area (Å²) in [5.41, 5.74) is 3.36. The van der Waals surface area contributed by atoms with Crippen LogP contribution in [0.2, 0.25) is 23.2 Å². The molecule has 0 amide bonds. The third kappa shape index (κ3) is 7.09. The third-order valence-electron chi connectivity index (χ3n) is 8.50. The van der Waals surface area contributed by atoms with Crippen molar-refractivity contribution < 1.29 is 34.0 Å². The van der Waals surface area contributed by atoms with Crippen molar-refractivity contribution in [3.05, 3.63) is 100 Å². The van der Waals surface area contributed by atoms with E-state index in [0.717, 1.165) is 22.4 Å². The van der Waals surface area contributed by atoms with E-state index in [1.807, 2.05) is 60.7 Å². The van der Waals surface area contributed by atoms with Crippen LogP contribution in [0.1, 0.15) is 43.0 Å². The number of methoxy groups -OCH3 is 1. The molecule has 5 atom stereocenters. The van der Waals surface area contributed by atoms with E-state index in [1.54, 1.807) is 12.1 Å². The van der Waals surface area contributed by atoms with Crippen molar-refractivity contribution in [2.45, 2.75) is 82.1 Å². The Hall–Kier alpha value is -2.27. The molecule has 7 nitrogen and oxygen atoms in total. The summed E-state index contributed by atoms with van der Waals surface area (Å²) >= 11 is 6.61. The van der Waals surface area contributed by atoms with Crippen LogP contribution >= 0.6 is 11.6 Å². The largest absolute Gasteiger partial charge is 0.489 e. The number of rotatable bonds is 10. The van der Waals surface area contributed by atoms with Gasteiger partial charge in [-0.3, -0.25) is 0 Å². The fourth-order valence-electron chi connectivity index (χ4n) is 4.75. The molecule has 0 bridgehead atoms. The van der Waals surface area contributed by atoms with Crippen LogP contribution in [0.25, 0.3) is 0 Å². The monoisotopic (exact) mass is 614 g/mol. The fourth-order valence-corrected chi connectivity index (χ4v) is 5.95. The first-order valence-corrected chi connectivity index (χ1v) is 17.5. The maximum absolute atomic E-state index is 11.2. The van der Waals surface area contributed by atoms with E-state index >= 15 is 0 Å². The summed E-state index contributed by atoms with van der Waals surface area (Å²) in [6.45, 7) is 11.1. The zero-order chi connectivity index (χ0) is 30.7. The molecule has 3 aromatic rings. The Balaban J connectivity index is 1.53. The van der Waals surface area contributed by atoms with Crippen LogP contribution in [0.3, 0.4) is 0 Å². The molecule has 1 fully saturated rings. The van der Waals surface area contributed by atoms with Crippen LogP contribution in [-0.4, -0.2) is 61.8 Å². The number of benzene rings is 3. The number of hydrogen-bond donors (Lipinski definition) is 3. The van der Waals surface area contributed by atoms with Gasteiger partial charge in [0.05, 0.1) is 6.61 Å². The summed E-state index contributed by atoms with van der Waals surface area (Å²) in [5, 5.41) is 33.4. The number of aliphatic hydroxyl groups excluding tert-OH is 3. The zero-order valence-corrected chi connectivity index (χ0v) is 27.0. The molecule has 1 aliphatic heterocycles. The molecule has 0 aromatic heterocycles. The van der Waals surface area contributed by atoms with E-state index in [1.165, 1.54) is 7.11 Å². The van der Waals surface area contributed by atoms with Crippen molar-refractivity contribution in [2.75, 3.05) is 13.7 Å². The number of ether oxygens (including phenoxy) is 3. The summed E-state index contributed by atoms with van der Waals surface area (Å²) < 4.78 is 24.3. The Morgan fingerprint density at radius 2 is 1.57 bits per heavy atom. The molecule has 4 rings (SSSR count). The predicted octanol–water partition coefficient (Wildman–Crippen LogP) is 5.81. The Labute approximate surface area is 255 Å². The Kier molecular flexibility index (Phi) is 10.2. The molecule has 42 heavy (non-hydrogen) atoms. The number of hydrogen-bond acceptors (Lipinski definition) is 7. The molecule has 3 aromatic carbocycles. The Morgan fingerprint density at radius 3 is 2.19 bits per heavy atom. The van der Waals surface area contributed by atoms with E-state index < -0.39 is 38.5 Å². The summed E-state index contributed by atoms with van der Waals surface area (Å²) in [5.74, 6) is -0.979. The lowest BCUT2D eigenvalue weighted by atomic mass is 9.87. The highest BCUT2D eigenvalue weighted by molar-refractivity contribution is 6.74. The van der Waals surface area contributed by atoms with Crippen molar-refractivity contribution in [1.29, 1.82) is 0 Å². The highest BCUT2D eigenvalue weighted by Gasteiger charge is 2.55. The van der Waals surface area contributed by atoms with Crippen LogP contribution in [0, 0.1) is 0 Å². The normalized spacial score (nSPS) is 24.9. The van der Waals surface area contributed by atoms with E-state index in [4.69, 9.17) is 30.2 Å². The third-order valence-corrected chi connectivity index (χ3v) is 13.4. The minimum atomic E-state index is -2.18. The van der Waals surface area contributed by atoms with Gasteiger partial charge >= 0.3 is 0 Å². The van der Waals surface area contributed by atoms with Crippen molar-refractivity contribution in [3.8, 4) is 5.75 Å². The minimum absolute atomic E-state index is 0.0473. The van der Waals surface area contributed by atoms with E-state index in [2.05, 4.69) is 33.9 Å². The summed E-state index contributed by atoms with van der Waals surface area (Å²) in [4.78, 5) is 0. The second-order valence-electron chi connectivity index (χ2n) is 12.4. The van der Waals surface area contributed by atoms with Crippen molar-refractivity contribution in [1.82, 2.24) is 0 Å². The van der Waals surface area contributed by atoms with Crippen molar-refractivity contribution in [2.24, 2.45) is 0 Å². The molecule has 0 spiro atoms. The first-order chi connectivity index (χ1) is 19.8. The fraction of sp³-hybridized carbons (Fsp3) is 0.455. The van der Waals surface area contributed by atoms with Crippen LogP contribution in [0.15, 0.2) is 72.8 Å². The quantitative estimate of drug-likeness (QED) is 0.248. The highest BCUT2D eigenvalue weighted by Crippen LogP contribution is 2.42. The standard InChI is InChI=1S/C33H43ClO7Si/c1-32(2,3)42(5,6)40-21-28-29(35)30(36)31(37)33(38-4,41-28)25-14-17-27(34)24(19-25)18-22-12-15-26(16-13-22)39-20-23-10-8-7-9-11-23/h7-17,19,28-31,35-37H,18,20-21H2,1-6H3/t28-,29-,30+,31-,33+/m1/s1. The number of aliphatic hydroxyl groups is 3. The van der Waals surface area contributed by atoms with Crippen LogP contribution in [-0.2, 0) is 32.7 Å². The first kappa shape index (κ1) is 32.6. The molecular formula is C33H43ClO7Si. The van der Waals surface area contributed by atoms with Crippen molar-refractivity contribution >= 4 is 19.9 Å². The van der Waals surface area contributed by atoms with Gasteiger partial charge in [-0.05, 0) is 65.5 Å². The molecule has 228 valence electrons. The summed E-state index contributed by atoms with van der Waals surface area (Å²) in [7, 11) is -0.778. The van der Waals surface area contributed by atoms with Crippen LogP contribution in [0.5, 0.6) is 5.75 Å². The zero-order valence-electron chi connectivity index (χ0n) is 25.2. The molecule has 9 heteroatoms. The van der Waals surface area contributed by atoms with Gasteiger partial charge in [-0.15, -0.1) is 0 Å². The lowest BCUT2D eigenvalue weighted by Gasteiger charge is -2.49. The minimum Gasteiger partial charge on any atom is -0.489 e. The van der Waals surface area contributed by atoms with E-state index in [9.17, 15) is 15.3 Å². The van der Waals surface area contributed by atoms with Crippen LogP contribution in [0.4, 0.5) is 0 Å². The second-order valence-corrected chi connectivity index (χ2v) is 17.6. The number of halogens is 1. The lowest BCUT2D eigenvalue weighted by Crippen LogP contribution is -2.64. The van der Waals surface area contributed by atoms with Gasteiger partial charge in [0.15, 0.2) is 8.32 Å². The van der Waals surface area contributed by atoms with Gasteiger partial charge in [0.2, 0.25) is 5.79 Å². The molecule has 3 N–H and O–H groups in total. The van der Waals surface area contributed by atoms with Gasteiger partial charge in [-0.1, -0.05) is 80.9 Å². The van der Waals surface area contributed by atoms with Gasteiger partial charge in [0.1, 0.15) is 36.8 Å². The average Bonchev–Trinajstić information content (AvgIpc) is 2.96. The molecule has 1 aliphatic rings. The maximum atomic E-state index is 11.2. The average molecular weight is 615 g/mol. The van der Waals surface area contributed by atoms with Gasteiger partial charge in [-0.2, -0.15) is 0 Å². The smallest absolute Gasteiger partial charge is 0.224 e. The molecule has 1 heterocycles. The van der Waals surface area contributed by atoms with E-state index in [0.29, 0.717) is 23.6 Å². The van der Waals surface area contributed by atoms with Gasteiger partial charge < -0.3 is 34.0 Å². The second kappa shape index (κ2) is 13.2. The molecule has 1 saturated heterocycles. The van der Waals surface area contributed by atoms with Gasteiger partial charge in [0, 0.05) is 17.7 Å². The summed E-state index contributed by atoms with van der Waals surface area (Å²) in [6, 6.07) is 23.0. The molecular weight excluding hydrogens is 572 g/mol. The van der Waals surface area contributed by atoms with Crippen LogP contribution < -0.4 is 4.74 Å². The van der Waals surface area contributed by atoms with Gasteiger partial charge in [0.25, 0.3) is 0 Å².